The van der Waals surface area contributed by atoms with Gasteiger partial charge in [-0.2, -0.15) is 0 Å². The van der Waals surface area contributed by atoms with Crippen molar-refractivity contribution in [2.75, 3.05) is 21.3 Å². The number of rotatable bonds is 9. The van der Waals surface area contributed by atoms with E-state index in [1.165, 1.54) is 49.2 Å². The zero-order valence-corrected chi connectivity index (χ0v) is 24.0. The molecule has 0 amide bonds. The molecule has 0 atom stereocenters. The van der Waals surface area contributed by atoms with Gasteiger partial charge in [0.05, 0.1) is 37.9 Å². The van der Waals surface area contributed by atoms with Crippen LogP contribution < -0.4 is 19.5 Å². The fraction of sp³-hybridized carbons (Fsp3) is 0.167. The summed E-state index contributed by atoms with van der Waals surface area (Å²) in [7, 11) is 4.99. The molecule has 2 aromatic heterocycles. The van der Waals surface area contributed by atoms with Gasteiger partial charge in [0.25, 0.3) is 0 Å². The molecule has 0 aliphatic carbocycles. The number of H-pyrrole nitrogens is 1. The highest BCUT2D eigenvalue weighted by molar-refractivity contribution is 6.23. The molecule has 6 heteroatoms. The summed E-state index contributed by atoms with van der Waals surface area (Å²) in [4.78, 5) is 3.77. The van der Waals surface area contributed by atoms with Crippen molar-refractivity contribution in [2.24, 2.45) is 0 Å². The summed E-state index contributed by atoms with van der Waals surface area (Å²) in [5.74, 6) is 2.16. The highest BCUT2D eigenvalue weighted by Crippen LogP contribution is 2.40. The van der Waals surface area contributed by atoms with Gasteiger partial charge in [0, 0.05) is 64.3 Å². The molecule has 0 radical (unpaired) electrons. The molecule has 210 valence electrons. The molecule has 42 heavy (non-hydrogen) atoms. The lowest BCUT2D eigenvalue weighted by atomic mass is 10.0. The summed E-state index contributed by atoms with van der Waals surface area (Å²) in [6.07, 6.45) is 0. The maximum absolute atomic E-state index is 5.71. The number of fused-ring (bicyclic) bond motifs is 7. The van der Waals surface area contributed by atoms with Crippen LogP contribution in [0.3, 0.4) is 0 Å². The third-order valence-corrected chi connectivity index (χ3v) is 8.21. The van der Waals surface area contributed by atoms with E-state index in [0.717, 1.165) is 29.1 Å². The predicted octanol–water partition coefficient (Wildman–Crippen LogP) is 7.79. The van der Waals surface area contributed by atoms with Crippen LogP contribution in [0.2, 0.25) is 0 Å². The molecule has 0 saturated carbocycles. The smallest absolute Gasteiger partial charge is 0.130 e. The summed E-state index contributed by atoms with van der Waals surface area (Å²) < 4.78 is 19.3. The van der Waals surface area contributed by atoms with E-state index in [1.54, 1.807) is 21.3 Å². The van der Waals surface area contributed by atoms with Gasteiger partial charge in [-0.05, 0) is 29.3 Å². The number of aromatic nitrogens is 2. The molecule has 5 aromatic carbocycles. The quantitative estimate of drug-likeness (QED) is 0.191. The van der Waals surface area contributed by atoms with Crippen LogP contribution in [0.25, 0.3) is 43.6 Å². The van der Waals surface area contributed by atoms with Crippen LogP contribution in [0.1, 0.15) is 16.7 Å². The Morgan fingerprint density at radius 1 is 0.690 bits per heavy atom. The fourth-order valence-corrected chi connectivity index (χ4v) is 6.28. The van der Waals surface area contributed by atoms with E-state index >= 15 is 0 Å². The number of methoxy groups -OCH3 is 3. The molecule has 0 fully saturated rings. The summed E-state index contributed by atoms with van der Waals surface area (Å²) in [5, 5.41) is 8.68. The number of ether oxygens (including phenoxy) is 3. The summed E-state index contributed by atoms with van der Waals surface area (Å²) in [5.41, 5.74) is 8.23. The Bertz CT molecular complexity index is 2030. The number of para-hydroxylation sites is 2. The van der Waals surface area contributed by atoms with Crippen LogP contribution in [-0.4, -0.2) is 30.9 Å². The first-order chi connectivity index (χ1) is 20.7. The fourth-order valence-electron chi connectivity index (χ4n) is 6.28. The summed E-state index contributed by atoms with van der Waals surface area (Å²) in [6.45, 7) is 2.03. The van der Waals surface area contributed by atoms with Crippen molar-refractivity contribution < 1.29 is 14.2 Å². The Hall–Kier alpha value is -4.94. The summed E-state index contributed by atoms with van der Waals surface area (Å²) >= 11 is 0. The Kier molecular flexibility index (Phi) is 6.68. The number of benzene rings is 5. The second-order valence-electron chi connectivity index (χ2n) is 10.6. The number of hydrogen-bond acceptors (Lipinski definition) is 4. The average molecular weight is 556 g/mol. The highest BCUT2D eigenvalue weighted by atomic mass is 16.5. The molecule has 6 nitrogen and oxygen atoms in total. The van der Waals surface area contributed by atoms with Gasteiger partial charge in [-0.25, -0.2) is 0 Å². The van der Waals surface area contributed by atoms with E-state index in [0.29, 0.717) is 18.8 Å². The van der Waals surface area contributed by atoms with Gasteiger partial charge >= 0.3 is 0 Å². The van der Waals surface area contributed by atoms with E-state index in [2.05, 4.69) is 99.8 Å². The first-order valence-electron chi connectivity index (χ1n) is 14.2. The van der Waals surface area contributed by atoms with E-state index in [4.69, 9.17) is 14.2 Å². The van der Waals surface area contributed by atoms with Crippen molar-refractivity contribution >= 4 is 43.6 Å². The zero-order valence-electron chi connectivity index (χ0n) is 24.0. The minimum atomic E-state index is 0.576. The molecule has 0 aliphatic rings. The standard InChI is InChI=1S/C36H33N3O3/c1-40-25-18-32(41-2)29(33(19-25)42-3)21-37-20-24-17-28-26-13-7-9-15-30(26)38-35(28)36-34(24)27-14-8-10-16-31(27)39(36)22-23-11-5-4-6-12-23/h4-19,37-38H,20-22H2,1-3H3. The molecule has 7 rings (SSSR count). The molecular weight excluding hydrogens is 522 g/mol. The first-order valence-corrected chi connectivity index (χ1v) is 14.2. The van der Waals surface area contributed by atoms with Crippen LogP contribution in [-0.2, 0) is 19.6 Å². The Balaban J connectivity index is 1.40. The molecule has 0 saturated heterocycles. The maximum Gasteiger partial charge on any atom is 0.130 e. The molecule has 7 aromatic rings. The average Bonchev–Trinajstić information content (AvgIpc) is 3.57. The number of nitrogens with one attached hydrogen (secondary N) is 2. The predicted molar refractivity (Wildman–Crippen MR) is 171 cm³/mol. The molecule has 2 N–H and O–H groups in total. The van der Waals surface area contributed by atoms with Crippen LogP contribution in [0.5, 0.6) is 17.2 Å². The van der Waals surface area contributed by atoms with Gasteiger partial charge in [0.2, 0.25) is 0 Å². The maximum atomic E-state index is 5.71. The first kappa shape index (κ1) is 26.0. The molecule has 0 unspecified atom stereocenters. The Labute approximate surface area is 244 Å². The van der Waals surface area contributed by atoms with Crippen LogP contribution in [0.4, 0.5) is 0 Å². The van der Waals surface area contributed by atoms with Crippen molar-refractivity contribution in [2.45, 2.75) is 19.6 Å². The third-order valence-electron chi connectivity index (χ3n) is 8.21. The van der Waals surface area contributed by atoms with E-state index in [-0.39, 0.29) is 0 Å². The molecule has 0 bridgehead atoms. The van der Waals surface area contributed by atoms with Gasteiger partial charge in [0.1, 0.15) is 17.2 Å². The van der Waals surface area contributed by atoms with Gasteiger partial charge in [0.15, 0.2) is 0 Å². The monoisotopic (exact) mass is 555 g/mol. The topological polar surface area (TPSA) is 60.4 Å². The van der Waals surface area contributed by atoms with Gasteiger partial charge in [-0.1, -0.05) is 66.7 Å². The zero-order chi connectivity index (χ0) is 28.6. The van der Waals surface area contributed by atoms with Gasteiger partial charge in [-0.3, -0.25) is 0 Å². The van der Waals surface area contributed by atoms with E-state index in [9.17, 15) is 0 Å². The van der Waals surface area contributed by atoms with Crippen LogP contribution in [0.15, 0.2) is 97.1 Å². The third kappa shape index (κ3) is 4.32. The number of nitrogens with zero attached hydrogens (tertiary/aromatic N) is 1. The van der Waals surface area contributed by atoms with E-state index in [1.807, 2.05) is 12.1 Å². The largest absolute Gasteiger partial charge is 0.496 e. The lowest BCUT2D eigenvalue weighted by Gasteiger charge is -2.16. The molecule has 0 spiro atoms. The molecular formula is C36H33N3O3. The highest BCUT2D eigenvalue weighted by Gasteiger charge is 2.20. The molecule has 0 aliphatic heterocycles. The van der Waals surface area contributed by atoms with E-state index < -0.39 is 0 Å². The minimum absolute atomic E-state index is 0.576. The lowest BCUT2D eigenvalue weighted by Crippen LogP contribution is -2.14. The van der Waals surface area contributed by atoms with Gasteiger partial charge in [-0.15, -0.1) is 0 Å². The SMILES string of the molecule is COc1cc(OC)c(CNCc2cc3c4ccccc4[nH]c3c3c2c2ccccc2n3Cc2ccccc2)c(OC)c1. The second kappa shape index (κ2) is 10.8. The second-order valence-corrected chi connectivity index (χ2v) is 10.6. The summed E-state index contributed by atoms with van der Waals surface area (Å²) in [6, 6.07) is 34.1. The normalized spacial score (nSPS) is 11.6. The molecule has 2 heterocycles. The Morgan fingerprint density at radius 2 is 1.38 bits per heavy atom. The van der Waals surface area contributed by atoms with Crippen molar-refractivity contribution in [3.63, 3.8) is 0 Å². The van der Waals surface area contributed by atoms with Crippen LogP contribution in [0, 0.1) is 0 Å². The van der Waals surface area contributed by atoms with Crippen molar-refractivity contribution in [3.8, 4) is 17.2 Å². The van der Waals surface area contributed by atoms with Crippen molar-refractivity contribution in [1.82, 2.24) is 14.9 Å². The number of aromatic amines is 1. The number of hydrogen-bond donors (Lipinski definition) is 2. The minimum Gasteiger partial charge on any atom is -0.496 e. The van der Waals surface area contributed by atoms with Crippen molar-refractivity contribution in [1.29, 1.82) is 0 Å². The van der Waals surface area contributed by atoms with Gasteiger partial charge < -0.3 is 29.1 Å². The van der Waals surface area contributed by atoms with Crippen LogP contribution >= 0.6 is 0 Å². The van der Waals surface area contributed by atoms with Crippen molar-refractivity contribution in [3.05, 3.63) is 114 Å². The Morgan fingerprint density at radius 3 is 2.12 bits per heavy atom. The lowest BCUT2D eigenvalue weighted by molar-refractivity contribution is 0.366.